The fraction of sp³-hybridized carbons (Fsp3) is 0.182. The number of nitrogens with one attached hydrogen (secondary N) is 1. The molecule has 0 aliphatic carbocycles. The van der Waals surface area contributed by atoms with Crippen molar-refractivity contribution >= 4 is 34.8 Å². The second kappa shape index (κ2) is 10.4. The van der Waals surface area contributed by atoms with Gasteiger partial charge in [-0.2, -0.15) is 4.52 Å². The number of carbonyl (C=O) groups is 1. The van der Waals surface area contributed by atoms with Crippen molar-refractivity contribution in [2.45, 2.75) is 0 Å². The lowest BCUT2D eigenvalue weighted by molar-refractivity contribution is -0.123. The quantitative estimate of drug-likeness (QED) is 0.359. The summed E-state index contributed by atoms with van der Waals surface area (Å²) in [5, 5.41) is 16.3. The van der Waals surface area contributed by atoms with Crippen LogP contribution in [0.3, 0.4) is 0 Å². The van der Waals surface area contributed by atoms with E-state index < -0.39 is 0 Å². The van der Waals surface area contributed by atoms with Crippen LogP contribution < -0.4 is 19.5 Å². The van der Waals surface area contributed by atoms with Gasteiger partial charge in [-0.05, 0) is 36.4 Å². The Morgan fingerprint density at radius 1 is 1.03 bits per heavy atom. The van der Waals surface area contributed by atoms with Crippen LogP contribution in [0.15, 0.2) is 54.6 Å². The van der Waals surface area contributed by atoms with Gasteiger partial charge in [0.2, 0.25) is 5.88 Å². The summed E-state index contributed by atoms with van der Waals surface area (Å²) in [6.07, 6.45) is 0. The Kier molecular flexibility index (Phi) is 7.11. The number of halogens is 2. The molecule has 4 aromatic rings. The predicted octanol–water partition coefficient (Wildman–Crippen LogP) is 3.68. The van der Waals surface area contributed by atoms with Crippen LogP contribution in [0.2, 0.25) is 10.0 Å². The van der Waals surface area contributed by atoms with E-state index in [1.165, 1.54) is 0 Å². The average Bonchev–Trinajstić information content (AvgIpc) is 3.24. The number of hydrogen-bond donors (Lipinski definition) is 1. The largest absolute Gasteiger partial charge is 0.496 e. The smallest absolute Gasteiger partial charge is 0.258 e. The van der Waals surface area contributed by atoms with Crippen molar-refractivity contribution in [1.82, 2.24) is 25.1 Å². The monoisotopic (exact) mass is 487 g/mol. The number of nitrogens with zero attached hydrogens (tertiary/aromatic N) is 4. The first-order valence-electron chi connectivity index (χ1n) is 9.88. The number of methoxy groups -OCH3 is 1. The fourth-order valence-corrected chi connectivity index (χ4v) is 3.44. The summed E-state index contributed by atoms with van der Waals surface area (Å²) in [6, 6.07) is 15.7. The van der Waals surface area contributed by atoms with E-state index in [2.05, 4.69) is 20.6 Å². The first-order valence-corrected chi connectivity index (χ1v) is 10.6. The summed E-state index contributed by atoms with van der Waals surface area (Å²) >= 11 is 11.9. The molecule has 1 amide bonds. The van der Waals surface area contributed by atoms with Gasteiger partial charge in [-0.1, -0.05) is 35.3 Å². The lowest BCUT2D eigenvalue weighted by Crippen LogP contribution is -2.32. The minimum atomic E-state index is -0.315. The van der Waals surface area contributed by atoms with Crippen molar-refractivity contribution in [3.8, 4) is 28.8 Å². The Labute approximate surface area is 199 Å². The number of fused-ring (bicyclic) bond motifs is 1. The van der Waals surface area contributed by atoms with Crippen molar-refractivity contribution in [2.24, 2.45) is 0 Å². The zero-order valence-electron chi connectivity index (χ0n) is 17.5. The number of benzene rings is 2. The zero-order chi connectivity index (χ0) is 23.2. The van der Waals surface area contributed by atoms with Crippen LogP contribution in [0.5, 0.6) is 17.4 Å². The second-order valence-electron chi connectivity index (χ2n) is 6.73. The highest BCUT2D eigenvalue weighted by Crippen LogP contribution is 2.29. The maximum atomic E-state index is 12.0. The highest BCUT2D eigenvalue weighted by Gasteiger charge is 2.14. The molecular formula is C22H19Cl2N5O4. The maximum Gasteiger partial charge on any atom is 0.258 e. The fourth-order valence-electron chi connectivity index (χ4n) is 2.98. The molecule has 0 saturated carbocycles. The van der Waals surface area contributed by atoms with E-state index in [0.717, 1.165) is 5.56 Å². The molecule has 0 aliphatic heterocycles. The van der Waals surface area contributed by atoms with Gasteiger partial charge in [-0.25, -0.2) is 0 Å². The van der Waals surface area contributed by atoms with Gasteiger partial charge in [0.15, 0.2) is 18.1 Å². The van der Waals surface area contributed by atoms with E-state index in [9.17, 15) is 4.79 Å². The number of carbonyl (C=O) groups excluding carboxylic acids is 1. The standard InChI is InChI=1S/C22H19Cl2N5O4/c1-31-17-5-3-2-4-15(17)22-27-26-19-8-9-21(28-29(19)22)32-11-10-25-20(30)13-33-18-7-6-14(23)12-16(18)24/h2-9,12H,10-11,13H2,1H3,(H,25,30). The molecular weight excluding hydrogens is 469 g/mol. The minimum absolute atomic E-state index is 0.186. The third kappa shape index (κ3) is 5.44. The second-order valence-corrected chi connectivity index (χ2v) is 7.57. The van der Waals surface area contributed by atoms with E-state index in [0.29, 0.717) is 38.9 Å². The van der Waals surface area contributed by atoms with E-state index in [-0.39, 0.29) is 25.7 Å². The van der Waals surface area contributed by atoms with Crippen LogP contribution in [-0.4, -0.2) is 52.6 Å². The van der Waals surface area contributed by atoms with Gasteiger partial charge in [0.1, 0.15) is 18.1 Å². The molecule has 1 N–H and O–H groups in total. The van der Waals surface area contributed by atoms with Gasteiger partial charge < -0.3 is 19.5 Å². The molecule has 2 aromatic heterocycles. The topological polar surface area (TPSA) is 99.9 Å². The highest BCUT2D eigenvalue weighted by molar-refractivity contribution is 6.35. The summed E-state index contributed by atoms with van der Waals surface area (Å²) in [5.74, 6) is 1.61. The van der Waals surface area contributed by atoms with Crippen molar-refractivity contribution in [3.05, 3.63) is 64.6 Å². The Bertz CT molecular complexity index is 1280. The normalized spacial score (nSPS) is 10.8. The number of ether oxygens (including phenoxy) is 3. The Morgan fingerprint density at radius 3 is 2.70 bits per heavy atom. The van der Waals surface area contributed by atoms with Crippen LogP contribution in [0, 0.1) is 0 Å². The molecule has 170 valence electrons. The third-order valence-electron chi connectivity index (χ3n) is 4.51. The van der Waals surface area contributed by atoms with E-state index in [1.807, 2.05) is 24.3 Å². The number of amides is 1. The van der Waals surface area contributed by atoms with Crippen LogP contribution in [0.25, 0.3) is 17.0 Å². The minimum Gasteiger partial charge on any atom is -0.496 e. The molecule has 0 radical (unpaired) electrons. The van der Waals surface area contributed by atoms with E-state index in [1.54, 1.807) is 42.0 Å². The van der Waals surface area contributed by atoms with E-state index in [4.69, 9.17) is 37.4 Å². The van der Waals surface area contributed by atoms with Crippen LogP contribution in [0.4, 0.5) is 0 Å². The molecule has 33 heavy (non-hydrogen) atoms. The molecule has 0 unspecified atom stereocenters. The van der Waals surface area contributed by atoms with Gasteiger partial charge >= 0.3 is 0 Å². The average molecular weight is 488 g/mol. The lowest BCUT2D eigenvalue weighted by atomic mass is 10.2. The third-order valence-corrected chi connectivity index (χ3v) is 5.04. The maximum absolute atomic E-state index is 12.0. The Balaban J connectivity index is 1.32. The van der Waals surface area contributed by atoms with Crippen LogP contribution >= 0.6 is 23.2 Å². The molecule has 2 heterocycles. The molecule has 0 fully saturated rings. The Hall–Kier alpha value is -3.56. The number of aromatic nitrogens is 4. The van der Waals surface area contributed by atoms with Crippen LogP contribution in [-0.2, 0) is 4.79 Å². The molecule has 0 saturated heterocycles. The van der Waals surface area contributed by atoms with Crippen molar-refractivity contribution in [2.75, 3.05) is 26.9 Å². The molecule has 2 aromatic carbocycles. The summed E-state index contributed by atoms with van der Waals surface area (Å²) in [7, 11) is 1.59. The van der Waals surface area contributed by atoms with Gasteiger partial charge in [0.05, 0.1) is 24.2 Å². The molecule has 4 rings (SSSR count). The molecule has 11 heteroatoms. The first kappa shape index (κ1) is 22.6. The summed E-state index contributed by atoms with van der Waals surface area (Å²) in [4.78, 5) is 12.0. The summed E-state index contributed by atoms with van der Waals surface area (Å²) in [6.45, 7) is 0.282. The molecule has 0 bridgehead atoms. The highest BCUT2D eigenvalue weighted by atomic mass is 35.5. The SMILES string of the molecule is COc1ccccc1-c1nnc2ccc(OCCNC(=O)COc3ccc(Cl)cc3Cl)nn12. The molecule has 0 aliphatic rings. The summed E-state index contributed by atoms with van der Waals surface area (Å²) < 4.78 is 18.1. The molecule has 9 nitrogen and oxygen atoms in total. The van der Waals surface area contributed by atoms with Gasteiger partial charge in [-0.3, -0.25) is 4.79 Å². The number of para-hydroxylation sites is 1. The van der Waals surface area contributed by atoms with Crippen molar-refractivity contribution in [3.63, 3.8) is 0 Å². The predicted molar refractivity (Wildman–Crippen MR) is 123 cm³/mol. The number of hydrogen-bond acceptors (Lipinski definition) is 7. The summed E-state index contributed by atoms with van der Waals surface area (Å²) in [5.41, 5.74) is 1.32. The zero-order valence-corrected chi connectivity index (χ0v) is 19.0. The molecule has 0 spiro atoms. The Morgan fingerprint density at radius 2 is 1.88 bits per heavy atom. The van der Waals surface area contributed by atoms with Gasteiger partial charge in [0.25, 0.3) is 5.91 Å². The van der Waals surface area contributed by atoms with Crippen molar-refractivity contribution in [1.29, 1.82) is 0 Å². The van der Waals surface area contributed by atoms with Gasteiger partial charge in [0, 0.05) is 11.1 Å². The van der Waals surface area contributed by atoms with Gasteiger partial charge in [-0.15, -0.1) is 15.3 Å². The lowest BCUT2D eigenvalue weighted by Gasteiger charge is -2.10. The molecule has 0 atom stereocenters. The van der Waals surface area contributed by atoms with E-state index >= 15 is 0 Å². The first-order chi connectivity index (χ1) is 16.0. The number of rotatable bonds is 9. The van der Waals surface area contributed by atoms with Crippen LogP contribution in [0.1, 0.15) is 0 Å². The van der Waals surface area contributed by atoms with Crippen molar-refractivity contribution < 1.29 is 19.0 Å².